The number of rotatable bonds is 7. The molecule has 6 rings (SSSR count). The van der Waals surface area contributed by atoms with Crippen LogP contribution in [0.4, 0.5) is 0 Å². The van der Waals surface area contributed by atoms with Gasteiger partial charge in [-0.25, -0.2) is 4.99 Å². The predicted octanol–water partition coefficient (Wildman–Crippen LogP) is 6.64. The Morgan fingerprint density at radius 2 is 1.27 bits per heavy atom. The Kier molecular flexibility index (Phi) is 7.98. The van der Waals surface area contributed by atoms with Gasteiger partial charge in [0, 0.05) is 11.8 Å². The molecule has 204 valence electrons. The van der Waals surface area contributed by atoms with E-state index in [-0.39, 0.29) is 6.17 Å². The SMILES string of the molecule is NC(NC1N=C(Cl)C=C(Cl)N1)c1ccc(C2=NC(c3ccccc3)NC(c3ccc(-c4ccccc4)cc3)=C2)cc1. The summed E-state index contributed by atoms with van der Waals surface area (Å²) in [4.78, 5) is 9.34. The van der Waals surface area contributed by atoms with Crippen molar-refractivity contribution in [3.05, 3.63) is 149 Å². The summed E-state index contributed by atoms with van der Waals surface area (Å²) in [6.07, 6.45) is 2.42. The molecule has 0 aliphatic carbocycles. The molecule has 41 heavy (non-hydrogen) atoms. The average Bonchev–Trinajstić information content (AvgIpc) is 3.01. The first kappa shape index (κ1) is 27.0. The van der Waals surface area contributed by atoms with Gasteiger partial charge in [-0.3, -0.25) is 10.3 Å². The van der Waals surface area contributed by atoms with Crippen LogP contribution in [-0.4, -0.2) is 17.2 Å². The summed E-state index contributed by atoms with van der Waals surface area (Å²) in [5, 5.41) is 10.5. The molecular formula is C33H28Cl2N6. The van der Waals surface area contributed by atoms with Gasteiger partial charge in [0.15, 0.2) is 6.29 Å². The van der Waals surface area contributed by atoms with Crippen LogP contribution in [0, 0.1) is 0 Å². The minimum atomic E-state index is -0.520. The lowest BCUT2D eigenvalue weighted by molar-refractivity contribution is 0.418. The summed E-state index contributed by atoms with van der Waals surface area (Å²) in [7, 11) is 0. The van der Waals surface area contributed by atoms with Crippen LogP contribution in [0.15, 0.2) is 136 Å². The van der Waals surface area contributed by atoms with E-state index in [4.69, 9.17) is 33.9 Å². The van der Waals surface area contributed by atoms with Gasteiger partial charge in [0.1, 0.15) is 16.5 Å². The van der Waals surface area contributed by atoms with Crippen molar-refractivity contribution in [3.63, 3.8) is 0 Å². The molecule has 4 aromatic rings. The van der Waals surface area contributed by atoms with Gasteiger partial charge in [0.2, 0.25) is 0 Å². The molecule has 0 amide bonds. The minimum absolute atomic E-state index is 0.221. The Hall–Kier alpha value is -4.20. The summed E-state index contributed by atoms with van der Waals surface area (Å²) >= 11 is 12.1. The summed E-state index contributed by atoms with van der Waals surface area (Å²) < 4.78 is 0. The lowest BCUT2D eigenvalue weighted by Crippen LogP contribution is -2.46. The van der Waals surface area contributed by atoms with Crippen LogP contribution in [0.5, 0.6) is 0 Å². The van der Waals surface area contributed by atoms with Crippen molar-refractivity contribution in [3.8, 4) is 11.1 Å². The highest BCUT2D eigenvalue weighted by molar-refractivity contribution is 6.69. The summed E-state index contributed by atoms with van der Waals surface area (Å²) in [5.41, 5.74) is 14.7. The van der Waals surface area contributed by atoms with Gasteiger partial charge in [-0.15, -0.1) is 0 Å². The van der Waals surface area contributed by atoms with Crippen LogP contribution in [-0.2, 0) is 0 Å². The van der Waals surface area contributed by atoms with E-state index in [0.29, 0.717) is 10.3 Å². The molecule has 2 aliphatic rings. The number of nitrogens with one attached hydrogen (secondary N) is 3. The zero-order valence-corrected chi connectivity index (χ0v) is 23.5. The third kappa shape index (κ3) is 6.42. The van der Waals surface area contributed by atoms with E-state index in [1.54, 1.807) is 6.08 Å². The van der Waals surface area contributed by atoms with Gasteiger partial charge >= 0.3 is 0 Å². The summed E-state index contributed by atoms with van der Waals surface area (Å²) in [6.45, 7) is 0. The van der Waals surface area contributed by atoms with E-state index in [1.807, 2.05) is 48.5 Å². The predicted molar refractivity (Wildman–Crippen MR) is 169 cm³/mol. The maximum Gasteiger partial charge on any atom is 0.177 e. The lowest BCUT2D eigenvalue weighted by atomic mass is 9.99. The van der Waals surface area contributed by atoms with E-state index in [0.717, 1.165) is 33.7 Å². The Morgan fingerprint density at radius 3 is 1.95 bits per heavy atom. The fraction of sp³-hybridized carbons (Fsp3) is 0.0909. The molecule has 4 aromatic carbocycles. The van der Waals surface area contributed by atoms with Gasteiger partial charge in [0.05, 0.1) is 11.9 Å². The van der Waals surface area contributed by atoms with Crippen LogP contribution in [0.1, 0.15) is 34.6 Å². The van der Waals surface area contributed by atoms with Gasteiger partial charge in [0.25, 0.3) is 0 Å². The normalized spacial score (nSPS) is 19.1. The number of halogens is 2. The van der Waals surface area contributed by atoms with Gasteiger partial charge < -0.3 is 16.4 Å². The number of nitrogens with zero attached hydrogens (tertiary/aromatic N) is 2. The molecule has 0 bridgehead atoms. The number of nitrogens with two attached hydrogens (primary N) is 1. The maximum atomic E-state index is 6.42. The molecule has 3 unspecified atom stereocenters. The Balaban J connectivity index is 1.26. The maximum absolute atomic E-state index is 6.42. The Morgan fingerprint density at radius 1 is 0.659 bits per heavy atom. The first-order valence-electron chi connectivity index (χ1n) is 13.3. The van der Waals surface area contributed by atoms with E-state index in [2.05, 4.69) is 87.7 Å². The van der Waals surface area contributed by atoms with Crippen LogP contribution in [0.25, 0.3) is 16.8 Å². The second-order valence-corrected chi connectivity index (χ2v) is 10.5. The van der Waals surface area contributed by atoms with Crippen molar-refractivity contribution in [2.75, 3.05) is 0 Å². The van der Waals surface area contributed by atoms with E-state index >= 15 is 0 Å². The Bertz CT molecular complexity index is 1630. The molecule has 0 radical (unpaired) electrons. The zero-order valence-electron chi connectivity index (χ0n) is 22.0. The van der Waals surface area contributed by atoms with Crippen molar-refractivity contribution < 1.29 is 0 Å². The van der Waals surface area contributed by atoms with Crippen molar-refractivity contribution in [2.45, 2.75) is 18.6 Å². The molecule has 3 atom stereocenters. The first-order chi connectivity index (χ1) is 20.0. The van der Waals surface area contributed by atoms with Crippen molar-refractivity contribution >= 4 is 39.8 Å². The molecule has 0 aromatic heterocycles. The topological polar surface area (TPSA) is 86.8 Å². The third-order valence-electron chi connectivity index (χ3n) is 6.94. The molecule has 5 N–H and O–H groups in total. The highest BCUT2D eigenvalue weighted by Crippen LogP contribution is 2.28. The number of hydrogen-bond acceptors (Lipinski definition) is 6. The van der Waals surface area contributed by atoms with Crippen molar-refractivity contribution in [1.82, 2.24) is 16.0 Å². The molecule has 0 saturated carbocycles. The highest BCUT2D eigenvalue weighted by atomic mass is 35.5. The van der Waals surface area contributed by atoms with Crippen LogP contribution in [0.3, 0.4) is 0 Å². The van der Waals surface area contributed by atoms with Crippen LogP contribution < -0.4 is 21.7 Å². The number of benzene rings is 4. The molecule has 0 spiro atoms. The first-order valence-corrected chi connectivity index (χ1v) is 14.0. The molecule has 2 heterocycles. The van der Waals surface area contributed by atoms with Crippen LogP contribution in [0.2, 0.25) is 0 Å². The summed E-state index contributed by atoms with van der Waals surface area (Å²) in [6, 6.07) is 37.3. The minimum Gasteiger partial charge on any atom is -0.360 e. The third-order valence-corrected chi connectivity index (χ3v) is 7.36. The average molecular weight is 580 g/mol. The largest absolute Gasteiger partial charge is 0.360 e. The second kappa shape index (κ2) is 12.1. The smallest absolute Gasteiger partial charge is 0.177 e. The van der Waals surface area contributed by atoms with Gasteiger partial charge in [-0.2, -0.15) is 0 Å². The van der Waals surface area contributed by atoms with Crippen molar-refractivity contribution in [2.24, 2.45) is 15.7 Å². The van der Waals surface area contributed by atoms with Gasteiger partial charge in [-0.05, 0) is 39.5 Å². The standard InChI is InChI=1S/C33H28Cl2N6/c34-29-20-30(35)40-33(39-29)41-31(36)25-17-15-24(16-18-25)28-19-27(37-32(38-28)26-9-5-2-6-10-26)23-13-11-22(12-14-23)21-7-3-1-4-8-21/h1-20,31-33,37,39,41H,36H2. The molecule has 0 fully saturated rings. The lowest BCUT2D eigenvalue weighted by Gasteiger charge is -2.25. The molecule has 2 aliphatic heterocycles. The molecule has 6 nitrogen and oxygen atoms in total. The fourth-order valence-corrected chi connectivity index (χ4v) is 5.27. The van der Waals surface area contributed by atoms with Gasteiger partial charge in [-0.1, -0.05) is 132 Å². The van der Waals surface area contributed by atoms with Crippen LogP contribution >= 0.6 is 23.2 Å². The Labute approximate surface area is 249 Å². The van der Waals surface area contributed by atoms with E-state index in [9.17, 15) is 0 Å². The molecular weight excluding hydrogens is 551 g/mol. The second-order valence-electron chi connectivity index (χ2n) is 9.73. The zero-order chi connectivity index (χ0) is 28.2. The number of aliphatic imine (C=N–C) groups is 2. The molecule has 8 heteroatoms. The number of allylic oxidation sites excluding steroid dienone is 2. The van der Waals surface area contributed by atoms with Crippen molar-refractivity contribution in [1.29, 1.82) is 0 Å². The fourth-order valence-electron chi connectivity index (χ4n) is 4.80. The molecule has 0 saturated heterocycles. The highest BCUT2D eigenvalue weighted by Gasteiger charge is 2.21. The quantitative estimate of drug-likeness (QED) is 0.146. The summed E-state index contributed by atoms with van der Waals surface area (Å²) in [5.74, 6) is 0. The monoisotopic (exact) mass is 578 g/mol. The van der Waals surface area contributed by atoms with E-state index in [1.165, 1.54) is 11.1 Å². The van der Waals surface area contributed by atoms with E-state index < -0.39 is 12.5 Å². The number of hydrogen-bond donors (Lipinski definition) is 4.